The summed E-state index contributed by atoms with van der Waals surface area (Å²) in [5.41, 5.74) is 2.04. The monoisotopic (exact) mass is 655 g/mol. The molecule has 3 fully saturated rings. The Kier molecular flexibility index (Phi) is 6.95. The van der Waals surface area contributed by atoms with Crippen LogP contribution in [-0.2, 0) is 14.4 Å². The van der Waals surface area contributed by atoms with Crippen molar-refractivity contribution in [2.75, 3.05) is 23.9 Å². The lowest BCUT2D eigenvalue weighted by atomic mass is 9.68. The fourth-order valence-electron chi connectivity index (χ4n) is 8.06. The number of carbonyl (C=O) groups excluding carboxylic acids is 3. The number of benzene rings is 3. The largest absolute Gasteiger partial charge is 0.508 e. The van der Waals surface area contributed by atoms with Crippen molar-refractivity contribution in [3.63, 3.8) is 0 Å². The highest BCUT2D eigenvalue weighted by Crippen LogP contribution is 2.68. The first-order valence-electron chi connectivity index (χ1n) is 15.0. The first-order valence-corrected chi connectivity index (χ1v) is 16.7. The van der Waals surface area contributed by atoms with Crippen molar-refractivity contribution in [1.29, 1.82) is 0 Å². The van der Waals surface area contributed by atoms with Gasteiger partial charge >= 0.3 is 4.87 Å². The van der Waals surface area contributed by atoms with Crippen LogP contribution in [0, 0.1) is 29.6 Å². The molecule has 2 aliphatic carbocycles. The van der Waals surface area contributed by atoms with E-state index in [1.807, 2.05) is 18.2 Å². The van der Waals surface area contributed by atoms with Crippen molar-refractivity contribution < 1.29 is 29.0 Å². The number of thioether (sulfide) groups is 1. The maximum atomic E-state index is 14.0. The van der Waals surface area contributed by atoms with Crippen LogP contribution in [0.4, 0.5) is 11.4 Å². The summed E-state index contributed by atoms with van der Waals surface area (Å²) in [4.78, 5) is 58.3. The molecule has 3 heterocycles. The summed E-state index contributed by atoms with van der Waals surface area (Å²) in [6.45, 7) is -0.216. The van der Waals surface area contributed by atoms with E-state index < -0.39 is 5.92 Å². The van der Waals surface area contributed by atoms with Gasteiger partial charge in [0.1, 0.15) is 17.2 Å². The van der Waals surface area contributed by atoms with Gasteiger partial charge in [-0.2, -0.15) is 0 Å². The predicted molar refractivity (Wildman–Crippen MR) is 173 cm³/mol. The fourth-order valence-corrected chi connectivity index (χ4v) is 11.0. The number of thiazole rings is 1. The second kappa shape index (κ2) is 11.1. The van der Waals surface area contributed by atoms with E-state index in [-0.39, 0.29) is 69.8 Å². The molecular weight excluding hydrogens is 627 g/mol. The highest BCUT2D eigenvalue weighted by molar-refractivity contribution is 8.00. The number of anilines is 2. The van der Waals surface area contributed by atoms with Crippen LogP contribution in [0.25, 0.3) is 0 Å². The van der Waals surface area contributed by atoms with Crippen molar-refractivity contribution in [2.24, 2.45) is 29.6 Å². The topological polar surface area (TPSA) is 138 Å². The Balaban J connectivity index is 1.08. The molecule has 2 aliphatic heterocycles. The number of imide groups is 1. The number of H-pyrrole nitrogens is 1. The van der Waals surface area contributed by atoms with E-state index >= 15 is 0 Å². The van der Waals surface area contributed by atoms with Crippen LogP contribution in [-0.4, -0.2) is 46.8 Å². The van der Waals surface area contributed by atoms with E-state index in [0.29, 0.717) is 22.9 Å². The number of aromatic nitrogens is 1. The Hall–Kier alpha value is -4.55. The van der Waals surface area contributed by atoms with Crippen molar-refractivity contribution in [1.82, 2.24) is 4.98 Å². The second-order valence-electron chi connectivity index (χ2n) is 12.1. The number of phenols is 1. The van der Waals surface area contributed by atoms with E-state index in [0.717, 1.165) is 21.9 Å². The van der Waals surface area contributed by atoms with Crippen LogP contribution in [0.15, 0.2) is 82.6 Å². The Bertz CT molecular complexity index is 1920. The number of aromatic hydroxyl groups is 1. The molecule has 10 nitrogen and oxygen atoms in total. The Morgan fingerprint density at radius 3 is 2.46 bits per heavy atom. The number of phenolic OH excluding ortho intramolecular Hbond substituents is 1. The summed E-state index contributed by atoms with van der Waals surface area (Å²) in [5.74, 6) is -0.329. The lowest BCUT2D eigenvalue weighted by Crippen LogP contribution is -2.42. The minimum Gasteiger partial charge on any atom is -0.508 e. The average molecular weight is 656 g/mol. The third-order valence-corrected chi connectivity index (χ3v) is 12.4. The normalized spacial score (nSPS) is 27.2. The quantitative estimate of drug-likeness (QED) is 0.190. The first kappa shape index (κ1) is 28.9. The molecule has 3 amide bonds. The van der Waals surface area contributed by atoms with E-state index in [9.17, 15) is 24.3 Å². The smallest absolute Gasteiger partial charge is 0.305 e. The van der Waals surface area contributed by atoms with E-state index in [1.54, 1.807) is 61.3 Å². The number of nitrogens with zero attached hydrogens (tertiary/aromatic N) is 1. The number of ether oxygens (including phenoxy) is 2. The maximum Gasteiger partial charge on any atom is 0.305 e. The van der Waals surface area contributed by atoms with Gasteiger partial charge in [0.05, 0.1) is 29.7 Å². The molecule has 3 N–H and O–H groups in total. The Morgan fingerprint density at radius 2 is 1.72 bits per heavy atom. The zero-order valence-electron chi connectivity index (χ0n) is 24.5. The van der Waals surface area contributed by atoms with E-state index in [4.69, 9.17) is 9.47 Å². The van der Waals surface area contributed by atoms with Crippen molar-refractivity contribution >= 4 is 52.2 Å². The summed E-state index contributed by atoms with van der Waals surface area (Å²) in [5, 5.41) is 13.1. The van der Waals surface area contributed by atoms with Crippen LogP contribution < -0.4 is 24.6 Å². The van der Waals surface area contributed by atoms with Gasteiger partial charge < -0.3 is 24.9 Å². The predicted octanol–water partition coefficient (Wildman–Crippen LogP) is 4.85. The number of fused-ring (bicyclic) bond motifs is 9. The second-order valence-corrected chi connectivity index (χ2v) is 14.3. The highest BCUT2D eigenvalue weighted by Gasteiger charge is 2.69. The number of methoxy groups -OCH3 is 1. The molecule has 0 unspecified atom stereocenters. The maximum absolute atomic E-state index is 14.0. The van der Waals surface area contributed by atoms with Gasteiger partial charge in [0, 0.05) is 21.7 Å². The van der Waals surface area contributed by atoms with Gasteiger partial charge in [-0.05, 0) is 90.4 Å². The highest BCUT2D eigenvalue weighted by atomic mass is 32.2. The SMILES string of the molecule is COc1ccc(N2C(=O)[C@H]3[C@H]4C[C@@H]([C@@H]3C2=O)[C@@H]2[C@H](c3cccc(OCC(=O)Nc5ccc(O)cc5)c3)c3sc(=O)[nH]c3S[C@H]42)cc1. The number of hydrogen-bond acceptors (Lipinski definition) is 9. The van der Waals surface area contributed by atoms with Crippen LogP contribution in [0.1, 0.15) is 22.8 Å². The molecule has 4 aliphatic rings. The summed E-state index contributed by atoms with van der Waals surface area (Å²) >= 11 is 2.84. The molecule has 46 heavy (non-hydrogen) atoms. The molecule has 3 aromatic carbocycles. The Labute approximate surface area is 271 Å². The molecule has 12 heteroatoms. The van der Waals surface area contributed by atoms with Crippen molar-refractivity contribution in [2.45, 2.75) is 22.6 Å². The molecule has 1 aromatic heterocycles. The van der Waals surface area contributed by atoms with Crippen molar-refractivity contribution in [3.8, 4) is 17.2 Å². The van der Waals surface area contributed by atoms with E-state index in [1.165, 1.54) is 28.4 Å². The summed E-state index contributed by atoms with van der Waals surface area (Å²) in [6.07, 6.45) is 0.787. The third kappa shape index (κ3) is 4.61. The Morgan fingerprint density at radius 1 is 0.978 bits per heavy atom. The van der Waals surface area contributed by atoms with Gasteiger partial charge in [0.25, 0.3) is 5.91 Å². The molecule has 2 saturated carbocycles. The molecule has 1 saturated heterocycles. The summed E-state index contributed by atoms with van der Waals surface area (Å²) < 4.78 is 11.2. The fraction of sp³-hybridized carbons (Fsp3) is 0.294. The third-order valence-electron chi connectivity index (χ3n) is 9.79. The minimum atomic E-state index is -0.413. The lowest BCUT2D eigenvalue weighted by molar-refractivity contribution is -0.123. The summed E-state index contributed by atoms with van der Waals surface area (Å²) in [6, 6.07) is 20.8. The lowest BCUT2D eigenvalue weighted by Gasteiger charge is -2.43. The molecule has 4 aromatic rings. The van der Waals surface area contributed by atoms with Gasteiger partial charge in [-0.1, -0.05) is 23.5 Å². The van der Waals surface area contributed by atoms with Gasteiger partial charge in [0.2, 0.25) is 11.8 Å². The molecule has 7 atom stereocenters. The number of amides is 3. The summed E-state index contributed by atoms with van der Waals surface area (Å²) in [7, 11) is 1.57. The van der Waals surface area contributed by atoms with Crippen LogP contribution >= 0.6 is 23.1 Å². The van der Waals surface area contributed by atoms with E-state index in [2.05, 4.69) is 10.3 Å². The number of carbonyl (C=O) groups is 3. The zero-order valence-corrected chi connectivity index (χ0v) is 26.2. The van der Waals surface area contributed by atoms with Gasteiger partial charge in [-0.25, -0.2) is 0 Å². The average Bonchev–Trinajstić information content (AvgIpc) is 3.80. The molecule has 0 radical (unpaired) electrons. The molecular formula is C34H29N3O7S2. The van der Waals surface area contributed by atoms with Crippen LogP contribution in [0.5, 0.6) is 17.2 Å². The van der Waals surface area contributed by atoms with Gasteiger partial charge in [0.15, 0.2) is 6.61 Å². The number of rotatable bonds is 7. The molecule has 2 bridgehead atoms. The van der Waals surface area contributed by atoms with Crippen molar-refractivity contribution in [3.05, 3.63) is 92.9 Å². The van der Waals surface area contributed by atoms with Crippen LogP contribution in [0.3, 0.4) is 0 Å². The first-order chi connectivity index (χ1) is 22.3. The number of nitrogens with one attached hydrogen (secondary N) is 2. The van der Waals surface area contributed by atoms with Gasteiger partial charge in [-0.3, -0.25) is 24.1 Å². The number of hydrogen-bond donors (Lipinski definition) is 3. The molecule has 234 valence electrons. The van der Waals surface area contributed by atoms with Gasteiger partial charge in [-0.15, -0.1) is 11.8 Å². The minimum absolute atomic E-state index is 0.00628. The van der Waals surface area contributed by atoms with Crippen LogP contribution in [0.2, 0.25) is 0 Å². The standard InChI is InChI=1S/C34H29N3O7S2/c1-43-20-11-7-18(8-12-20)37-32(40)27-22-14-23(28(27)33(37)41)29-26(22)25(30-31(45-29)36-34(42)46-30)16-3-2-4-21(13-16)44-15-24(39)35-17-5-9-19(38)10-6-17/h2-13,22-23,25-29,38H,14-15H2,1H3,(H,35,39)(H,36,42)/t22-,23-,25+,26-,27+,28+,29-/m1/s1. The molecule has 0 spiro atoms. The molecule has 8 rings (SSSR count). The number of aromatic amines is 1. The zero-order chi connectivity index (χ0) is 31.7.